The first-order valence-corrected chi connectivity index (χ1v) is 5.86. The molecule has 0 saturated carbocycles. The van der Waals surface area contributed by atoms with Crippen molar-refractivity contribution in [3.63, 3.8) is 0 Å². The van der Waals surface area contributed by atoms with Gasteiger partial charge in [-0.1, -0.05) is 13.8 Å². The highest BCUT2D eigenvalue weighted by Crippen LogP contribution is 2.22. The summed E-state index contributed by atoms with van der Waals surface area (Å²) in [5, 5.41) is 3.30. The van der Waals surface area contributed by atoms with Gasteiger partial charge in [0.25, 0.3) is 0 Å². The Bertz CT molecular complexity index is 402. The third-order valence-electron chi connectivity index (χ3n) is 2.56. The number of nitrogen functional groups attached to an aromatic ring is 1. The van der Waals surface area contributed by atoms with Crippen LogP contribution < -0.4 is 16.8 Å². The molecule has 0 radical (unpaired) electrons. The van der Waals surface area contributed by atoms with Crippen LogP contribution in [0.4, 0.5) is 11.4 Å². The van der Waals surface area contributed by atoms with Gasteiger partial charge in [0, 0.05) is 11.6 Å². The number of primary amides is 1. The highest BCUT2D eigenvalue weighted by atomic mass is 16.1. The number of benzene rings is 1. The molecule has 17 heavy (non-hydrogen) atoms. The third kappa shape index (κ3) is 3.98. The van der Waals surface area contributed by atoms with Crippen LogP contribution in [0, 0.1) is 5.92 Å². The summed E-state index contributed by atoms with van der Waals surface area (Å²) >= 11 is 0. The van der Waals surface area contributed by atoms with E-state index in [2.05, 4.69) is 26.1 Å². The van der Waals surface area contributed by atoms with Gasteiger partial charge in [-0.15, -0.1) is 0 Å². The van der Waals surface area contributed by atoms with Crippen molar-refractivity contribution in [1.29, 1.82) is 0 Å². The lowest BCUT2D eigenvalue weighted by Gasteiger charge is -2.19. The number of hydrogen-bond donors (Lipinski definition) is 3. The molecule has 1 aromatic carbocycles. The first-order valence-electron chi connectivity index (χ1n) is 5.86. The van der Waals surface area contributed by atoms with Crippen LogP contribution in [0.15, 0.2) is 18.2 Å². The van der Waals surface area contributed by atoms with Gasteiger partial charge in [0.2, 0.25) is 5.91 Å². The van der Waals surface area contributed by atoms with Gasteiger partial charge in [-0.2, -0.15) is 0 Å². The molecule has 0 saturated heterocycles. The van der Waals surface area contributed by atoms with E-state index in [-0.39, 0.29) is 0 Å². The minimum atomic E-state index is -0.440. The Labute approximate surface area is 102 Å². The molecule has 1 atom stereocenters. The number of rotatable bonds is 5. The quantitative estimate of drug-likeness (QED) is 0.684. The molecule has 0 heterocycles. The van der Waals surface area contributed by atoms with E-state index in [9.17, 15) is 4.79 Å². The Kier molecular flexibility index (Phi) is 4.37. The molecule has 4 nitrogen and oxygen atoms in total. The van der Waals surface area contributed by atoms with Crippen LogP contribution in [0.5, 0.6) is 0 Å². The van der Waals surface area contributed by atoms with Crippen LogP contribution in [0.3, 0.4) is 0 Å². The van der Waals surface area contributed by atoms with E-state index in [4.69, 9.17) is 11.5 Å². The molecule has 0 fully saturated rings. The molecule has 0 spiro atoms. The smallest absolute Gasteiger partial charge is 0.248 e. The fourth-order valence-corrected chi connectivity index (χ4v) is 1.87. The molecule has 1 aromatic rings. The van der Waals surface area contributed by atoms with E-state index < -0.39 is 5.91 Å². The maximum Gasteiger partial charge on any atom is 0.248 e. The van der Waals surface area contributed by atoms with Gasteiger partial charge < -0.3 is 16.8 Å². The van der Waals surface area contributed by atoms with Crippen LogP contribution in [-0.2, 0) is 0 Å². The van der Waals surface area contributed by atoms with Crippen LogP contribution in [0.1, 0.15) is 37.6 Å². The maximum atomic E-state index is 11.1. The lowest BCUT2D eigenvalue weighted by atomic mass is 10.0. The number of anilines is 2. The Morgan fingerprint density at radius 1 is 1.35 bits per heavy atom. The number of nitrogens with two attached hydrogens (primary N) is 2. The molecular formula is C13H21N3O. The van der Waals surface area contributed by atoms with Crippen molar-refractivity contribution in [2.75, 3.05) is 11.1 Å². The van der Waals surface area contributed by atoms with Crippen molar-refractivity contribution in [1.82, 2.24) is 0 Å². The lowest BCUT2D eigenvalue weighted by molar-refractivity contribution is 0.100. The molecule has 5 N–H and O–H groups in total. The van der Waals surface area contributed by atoms with E-state index in [1.165, 1.54) is 0 Å². The Balaban J connectivity index is 2.82. The van der Waals surface area contributed by atoms with E-state index in [1.807, 2.05) is 0 Å². The fourth-order valence-electron chi connectivity index (χ4n) is 1.87. The molecule has 1 rings (SSSR count). The molecule has 94 valence electrons. The topological polar surface area (TPSA) is 81.1 Å². The molecule has 0 aliphatic heterocycles. The van der Waals surface area contributed by atoms with Crippen LogP contribution in [0.25, 0.3) is 0 Å². The number of amides is 1. The second-order valence-electron chi connectivity index (χ2n) is 4.84. The Hall–Kier alpha value is -1.71. The second kappa shape index (κ2) is 5.57. The predicted molar refractivity (Wildman–Crippen MR) is 71.9 cm³/mol. The highest BCUT2D eigenvalue weighted by molar-refractivity contribution is 5.94. The van der Waals surface area contributed by atoms with Gasteiger partial charge >= 0.3 is 0 Å². The summed E-state index contributed by atoms with van der Waals surface area (Å²) in [6.45, 7) is 6.43. The Morgan fingerprint density at radius 2 is 2.00 bits per heavy atom. The molecule has 0 bridgehead atoms. The number of hydrogen-bond acceptors (Lipinski definition) is 3. The maximum absolute atomic E-state index is 11.1. The monoisotopic (exact) mass is 235 g/mol. The van der Waals surface area contributed by atoms with Crippen LogP contribution in [0.2, 0.25) is 0 Å². The minimum absolute atomic E-state index is 0.306. The van der Waals surface area contributed by atoms with Crippen LogP contribution >= 0.6 is 0 Å². The number of carbonyl (C=O) groups excluding carboxylic acids is 1. The summed E-state index contributed by atoms with van der Waals surface area (Å²) in [7, 11) is 0. The molecular weight excluding hydrogens is 214 g/mol. The average molecular weight is 235 g/mol. The lowest BCUT2D eigenvalue weighted by Crippen LogP contribution is -2.19. The summed E-state index contributed by atoms with van der Waals surface area (Å²) in [5.74, 6) is 0.169. The average Bonchev–Trinajstić information content (AvgIpc) is 2.19. The van der Waals surface area contributed by atoms with E-state index in [0.29, 0.717) is 23.2 Å². The summed E-state index contributed by atoms with van der Waals surface area (Å²) in [4.78, 5) is 11.1. The number of carbonyl (C=O) groups is 1. The summed E-state index contributed by atoms with van der Waals surface area (Å²) in [6, 6.07) is 5.34. The fraction of sp³-hybridized carbons (Fsp3) is 0.462. The molecule has 0 aliphatic rings. The zero-order valence-electron chi connectivity index (χ0n) is 10.7. The van der Waals surface area contributed by atoms with Gasteiger partial charge in [-0.05, 0) is 37.5 Å². The number of nitrogens with one attached hydrogen (secondary N) is 1. The minimum Gasteiger partial charge on any atom is -0.397 e. The van der Waals surface area contributed by atoms with Crippen LogP contribution in [-0.4, -0.2) is 11.9 Å². The summed E-state index contributed by atoms with van der Waals surface area (Å²) in [6.07, 6.45) is 1.04. The van der Waals surface area contributed by atoms with Gasteiger partial charge in [-0.3, -0.25) is 4.79 Å². The molecule has 1 unspecified atom stereocenters. The van der Waals surface area contributed by atoms with E-state index in [0.717, 1.165) is 12.1 Å². The summed E-state index contributed by atoms with van der Waals surface area (Å²) in [5.41, 5.74) is 13.0. The molecule has 4 heteroatoms. The standard InChI is InChI=1S/C13H21N3O/c1-8(2)6-9(3)16-12-7-10(13(15)17)4-5-11(12)14/h4-5,7-9,16H,6,14H2,1-3H3,(H2,15,17). The van der Waals surface area contributed by atoms with Crippen molar-refractivity contribution in [3.05, 3.63) is 23.8 Å². The normalized spacial score (nSPS) is 12.5. The van der Waals surface area contributed by atoms with Crippen molar-refractivity contribution in [2.45, 2.75) is 33.2 Å². The summed E-state index contributed by atoms with van der Waals surface area (Å²) < 4.78 is 0. The Morgan fingerprint density at radius 3 is 2.53 bits per heavy atom. The largest absolute Gasteiger partial charge is 0.397 e. The molecule has 0 aromatic heterocycles. The zero-order valence-corrected chi connectivity index (χ0v) is 10.7. The van der Waals surface area contributed by atoms with Gasteiger partial charge in [0.1, 0.15) is 0 Å². The SMILES string of the molecule is CC(C)CC(C)Nc1cc(C(N)=O)ccc1N. The molecule has 1 amide bonds. The van der Waals surface area contributed by atoms with E-state index in [1.54, 1.807) is 18.2 Å². The van der Waals surface area contributed by atoms with Crippen molar-refractivity contribution in [3.8, 4) is 0 Å². The molecule has 0 aliphatic carbocycles. The van der Waals surface area contributed by atoms with Crippen molar-refractivity contribution < 1.29 is 4.79 Å². The third-order valence-corrected chi connectivity index (χ3v) is 2.56. The first kappa shape index (κ1) is 13.4. The van der Waals surface area contributed by atoms with E-state index >= 15 is 0 Å². The van der Waals surface area contributed by atoms with Gasteiger partial charge in [-0.25, -0.2) is 0 Å². The van der Waals surface area contributed by atoms with Crippen molar-refractivity contribution in [2.24, 2.45) is 11.7 Å². The van der Waals surface area contributed by atoms with Crippen molar-refractivity contribution >= 4 is 17.3 Å². The predicted octanol–water partition coefficient (Wildman–Crippen LogP) is 2.21. The van der Waals surface area contributed by atoms with Gasteiger partial charge in [0.15, 0.2) is 0 Å². The first-order chi connectivity index (χ1) is 7.90. The van der Waals surface area contributed by atoms with Gasteiger partial charge in [0.05, 0.1) is 11.4 Å². The zero-order chi connectivity index (χ0) is 13.0. The highest BCUT2D eigenvalue weighted by Gasteiger charge is 2.09. The second-order valence-corrected chi connectivity index (χ2v) is 4.84.